The number of carbonyl (C=O) groups is 3. The zero-order valence-electron chi connectivity index (χ0n) is 39.2. The molecule has 0 heterocycles. The van der Waals surface area contributed by atoms with Gasteiger partial charge in [-0.05, 0) is 83.6 Å². The first-order valence-corrected chi connectivity index (χ1v) is 26.1. The summed E-state index contributed by atoms with van der Waals surface area (Å²) >= 11 is 0. The van der Waals surface area contributed by atoms with E-state index in [1.807, 2.05) is 0 Å². The first-order valence-electron chi connectivity index (χ1n) is 24.6. The van der Waals surface area contributed by atoms with Crippen LogP contribution in [0, 0.1) is 0 Å². The molecule has 0 amide bonds. The number of phosphoric acid groups is 1. The summed E-state index contributed by atoms with van der Waals surface area (Å²) in [6.45, 7) is 2.82. The number of allylic oxidation sites excluding steroid dienone is 4. The van der Waals surface area contributed by atoms with Crippen molar-refractivity contribution in [3.63, 3.8) is 0 Å². The maximum atomic E-state index is 12.8. The average molecular weight is 903 g/mol. The first kappa shape index (κ1) is 59.9. The predicted octanol–water partition coefficient (Wildman–Crippen LogP) is 11.0. The van der Waals surface area contributed by atoms with Gasteiger partial charge in [0.2, 0.25) is 0 Å². The van der Waals surface area contributed by atoms with Gasteiger partial charge >= 0.3 is 25.7 Å². The molecule has 0 aliphatic rings. The molecule has 0 saturated carbocycles. The number of hydrogen-bond donors (Lipinski definition) is 4. The molecule has 0 fully saturated rings. The highest BCUT2D eigenvalue weighted by Gasteiger charge is 2.28. The Morgan fingerprint density at radius 3 is 1.47 bits per heavy atom. The second-order valence-corrected chi connectivity index (χ2v) is 18.2. The third kappa shape index (κ3) is 41.9. The Morgan fingerprint density at radius 2 is 0.984 bits per heavy atom. The molecule has 364 valence electrons. The monoisotopic (exact) mass is 903 g/mol. The molecule has 0 radical (unpaired) electrons. The van der Waals surface area contributed by atoms with Gasteiger partial charge in [-0.2, -0.15) is 0 Å². The van der Waals surface area contributed by atoms with E-state index in [-0.39, 0.29) is 19.4 Å². The minimum Gasteiger partial charge on any atom is -0.462 e. The molecule has 4 unspecified atom stereocenters. The standard InChI is InChI=1S/C48H91N2O11P/c1-3-5-7-9-11-13-15-17-19-21-23-25-27-29-31-36-46(52)57-41-44(42-60-62(55,56)59-40-43(51)39-58-48(54)45(50)35-33-34-38-49)61-47(53)37-32-30-28-26-24-22-20-18-16-14-12-10-8-6-4-2/h17-20,43-45,51H,3-16,21-42,49-50H2,1-2H3,(H,55,56)/b19-17+,20-18+. The molecule has 62 heavy (non-hydrogen) atoms. The van der Waals surface area contributed by atoms with Crippen LogP contribution in [0.5, 0.6) is 0 Å². The zero-order valence-corrected chi connectivity index (χ0v) is 40.1. The topological polar surface area (TPSA) is 207 Å². The van der Waals surface area contributed by atoms with Crippen molar-refractivity contribution < 1.29 is 52.2 Å². The number of rotatable bonds is 46. The molecule has 0 rings (SSSR count). The van der Waals surface area contributed by atoms with E-state index in [9.17, 15) is 28.9 Å². The molecule has 0 aromatic rings. The summed E-state index contributed by atoms with van der Waals surface area (Å²) in [6.07, 6.45) is 38.3. The van der Waals surface area contributed by atoms with Crippen LogP contribution in [0.4, 0.5) is 0 Å². The molecule has 6 N–H and O–H groups in total. The fraction of sp³-hybridized carbons (Fsp3) is 0.854. The van der Waals surface area contributed by atoms with Gasteiger partial charge in [0.05, 0.1) is 13.2 Å². The molecule has 14 heteroatoms. The van der Waals surface area contributed by atoms with E-state index in [0.717, 1.165) is 77.0 Å². The highest BCUT2D eigenvalue weighted by atomic mass is 31.2. The smallest absolute Gasteiger partial charge is 0.462 e. The summed E-state index contributed by atoms with van der Waals surface area (Å²) in [5.74, 6) is -1.71. The van der Waals surface area contributed by atoms with Crippen LogP contribution in [0.1, 0.15) is 213 Å². The van der Waals surface area contributed by atoms with Crippen LogP contribution in [0.25, 0.3) is 0 Å². The van der Waals surface area contributed by atoms with Crippen LogP contribution < -0.4 is 11.5 Å². The molecule has 0 spiro atoms. The lowest BCUT2D eigenvalue weighted by Crippen LogP contribution is -2.35. The number of aliphatic hydroxyl groups is 1. The van der Waals surface area contributed by atoms with Gasteiger partial charge in [0.25, 0.3) is 0 Å². The highest BCUT2D eigenvalue weighted by molar-refractivity contribution is 7.47. The van der Waals surface area contributed by atoms with Gasteiger partial charge < -0.3 is 35.7 Å². The quantitative estimate of drug-likeness (QED) is 0.0148. The number of esters is 3. The molecule has 4 atom stereocenters. The van der Waals surface area contributed by atoms with Gasteiger partial charge in [0.1, 0.15) is 25.4 Å². The number of hydrogen-bond acceptors (Lipinski definition) is 12. The lowest BCUT2D eigenvalue weighted by atomic mass is 10.1. The maximum absolute atomic E-state index is 12.8. The van der Waals surface area contributed by atoms with E-state index in [0.29, 0.717) is 38.6 Å². The largest absolute Gasteiger partial charge is 0.472 e. The number of phosphoric ester groups is 1. The van der Waals surface area contributed by atoms with Crippen LogP contribution >= 0.6 is 7.82 Å². The van der Waals surface area contributed by atoms with E-state index in [1.54, 1.807) is 0 Å². The molecular weight excluding hydrogens is 812 g/mol. The number of unbranched alkanes of at least 4 members (excludes halogenated alkanes) is 23. The van der Waals surface area contributed by atoms with E-state index >= 15 is 0 Å². The fourth-order valence-electron chi connectivity index (χ4n) is 6.65. The lowest BCUT2D eigenvalue weighted by molar-refractivity contribution is -0.161. The van der Waals surface area contributed by atoms with Gasteiger partial charge in [-0.3, -0.25) is 23.4 Å². The van der Waals surface area contributed by atoms with Gasteiger partial charge in [-0.25, -0.2) is 4.57 Å². The Hall–Kier alpha value is -2.12. The molecular formula is C48H91N2O11P. The van der Waals surface area contributed by atoms with Crippen molar-refractivity contribution in [2.75, 3.05) is 33.0 Å². The Bertz CT molecular complexity index is 1170. The zero-order chi connectivity index (χ0) is 45.8. The van der Waals surface area contributed by atoms with E-state index < -0.39 is 63.8 Å². The molecule has 0 bridgehead atoms. The molecule has 0 aliphatic heterocycles. The van der Waals surface area contributed by atoms with Crippen LogP contribution in [-0.4, -0.2) is 79.1 Å². The highest BCUT2D eigenvalue weighted by Crippen LogP contribution is 2.43. The molecule has 0 aromatic heterocycles. The van der Waals surface area contributed by atoms with Crippen LogP contribution in [-0.2, 0) is 42.2 Å². The number of ether oxygens (including phenoxy) is 3. The van der Waals surface area contributed by atoms with Gasteiger partial charge in [0.15, 0.2) is 6.10 Å². The second-order valence-electron chi connectivity index (χ2n) is 16.7. The molecule has 13 nitrogen and oxygen atoms in total. The van der Waals surface area contributed by atoms with Crippen molar-refractivity contribution in [3.8, 4) is 0 Å². The normalized spacial score (nSPS) is 14.2. The fourth-order valence-corrected chi connectivity index (χ4v) is 7.44. The third-order valence-electron chi connectivity index (χ3n) is 10.6. The Balaban J connectivity index is 4.68. The number of carbonyl (C=O) groups excluding carboxylic acids is 3. The Morgan fingerprint density at radius 1 is 0.548 bits per heavy atom. The summed E-state index contributed by atoms with van der Waals surface area (Å²) in [5, 5.41) is 10.2. The lowest BCUT2D eigenvalue weighted by Gasteiger charge is -2.20. The van der Waals surface area contributed by atoms with E-state index in [4.69, 9.17) is 34.7 Å². The predicted molar refractivity (Wildman–Crippen MR) is 249 cm³/mol. The summed E-state index contributed by atoms with van der Waals surface area (Å²) in [6, 6.07) is -0.880. The summed E-state index contributed by atoms with van der Waals surface area (Å²) in [5.41, 5.74) is 11.2. The third-order valence-corrected chi connectivity index (χ3v) is 11.5. The van der Waals surface area contributed by atoms with Crippen molar-refractivity contribution in [2.45, 2.75) is 231 Å². The minimum absolute atomic E-state index is 0.145. The maximum Gasteiger partial charge on any atom is 0.472 e. The van der Waals surface area contributed by atoms with E-state index in [1.165, 1.54) is 77.0 Å². The second kappa shape index (κ2) is 44.1. The summed E-state index contributed by atoms with van der Waals surface area (Å²) < 4.78 is 38.5. The SMILES string of the molecule is CCCCCCCC/C=C/CCCCCCCC(=O)OCC(COP(=O)(O)OCC(O)COC(=O)C(N)CCCCN)OC(=O)CCCCCCC/C=C/CCCCCCCC. The first-order chi connectivity index (χ1) is 30.0. The van der Waals surface area contributed by atoms with Crippen LogP contribution in [0.2, 0.25) is 0 Å². The number of nitrogens with two attached hydrogens (primary N) is 2. The average Bonchev–Trinajstić information content (AvgIpc) is 3.25. The molecule has 0 saturated heterocycles. The van der Waals surface area contributed by atoms with Crippen molar-refractivity contribution >= 4 is 25.7 Å². The summed E-state index contributed by atoms with van der Waals surface area (Å²) in [4.78, 5) is 47.7. The van der Waals surface area contributed by atoms with Crippen molar-refractivity contribution in [1.82, 2.24) is 0 Å². The molecule has 0 aliphatic carbocycles. The van der Waals surface area contributed by atoms with Crippen molar-refractivity contribution in [1.29, 1.82) is 0 Å². The van der Waals surface area contributed by atoms with Crippen molar-refractivity contribution in [2.24, 2.45) is 11.5 Å². The number of aliphatic hydroxyl groups excluding tert-OH is 1. The van der Waals surface area contributed by atoms with Crippen molar-refractivity contribution in [3.05, 3.63) is 24.3 Å². The van der Waals surface area contributed by atoms with Crippen LogP contribution in [0.3, 0.4) is 0 Å². The van der Waals surface area contributed by atoms with Gasteiger partial charge in [-0.1, -0.05) is 147 Å². The Kier molecular flexibility index (Phi) is 42.6. The van der Waals surface area contributed by atoms with Crippen LogP contribution in [0.15, 0.2) is 24.3 Å². The minimum atomic E-state index is -4.75. The molecule has 0 aromatic carbocycles. The van der Waals surface area contributed by atoms with Gasteiger partial charge in [-0.15, -0.1) is 0 Å². The van der Waals surface area contributed by atoms with E-state index in [2.05, 4.69) is 38.2 Å². The van der Waals surface area contributed by atoms with Gasteiger partial charge in [0, 0.05) is 12.8 Å². The summed E-state index contributed by atoms with van der Waals surface area (Å²) in [7, 11) is -4.75. The Labute approximate surface area is 376 Å².